The molecule has 1 N–H and O–H groups in total. The summed E-state index contributed by atoms with van der Waals surface area (Å²) in [6.07, 6.45) is 1.41. The van der Waals surface area contributed by atoms with Crippen LogP contribution < -0.4 is 10.2 Å². The summed E-state index contributed by atoms with van der Waals surface area (Å²) in [4.78, 5) is 26.2. The predicted octanol–water partition coefficient (Wildman–Crippen LogP) is 3.81. The molecule has 2 heterocycles. The highest BCUT2D eigenvalue weighted by molar-refractivity contribution is 7.99. The van der Waals surface area contributed by atoms with Crippen molar-refractivity contribution in [2.75, 3.05) is 29.6 Å². The second-order valence-corrected chi connectivity index (χ2v) is 7.72. The van der Waals surface area contributed by atoms with Crippen molar-refractivity contribution in [3.05, 3.63) is 48.3 Å². The molecule has 1 unspecified atom stereocenters. The number of carbonyl (C=O) groups is 2. The van der Waals surface area contributed by atoms with Crippen LogP contribution in [0.1, 0.15) is 6.92 Å². The first kappa shape index (κ1) is 19.3. The molecule has 1 saturated heterocycles. The summed E-state index contributed by atoms with van der Waals surface area (Å²) in [5.74, 6) is -0.208. The Hall–Kier alpha value is -3.07. The van der Waals surface area contributed by atoms with Crippen molar-refractivity contribution >= 4 is 46.2 Å². The van der Waals surface area contributed by atoms with E-state index in [-0.39, 0.29) is 17.0 Å². The van der Waals surface area contributed by atoms with Gasteiger partial charge in [0, 0.05) is 0 Å². The van der Waals surface area contributed by atoms with E-state index in [1.165, 1.54) is 28.8 Å². The molecule has 150 valence electrons. The fraction of sp³-hybridized carbons (Fsp3) is 0.250. The number of nitrogens with zero attached hydrogens (tertiary/aromatic N) is 3. The third kappa shape index (κ3) is 3.53. The number of fused-ring (bicyclic) bond motifs is 1. The summed E-state index contributed by atoms with van der Waals surface area (Å²) < 4.78 is 20.1. The first-order chi connectivity index (χ1) is 14.0. The van der Waals surface area contributed by atoms with Crippen LogP contribution in [0.5, 0.6) is 0 Å². The second kappa shape index (κ2) is 7.75. The molecule has 0 aliphatic carbocycles. The zero-order valence-electron chi connectivity index (χ0n) is 15.9. The zero-order valence-corrected chi connectivity index (χ0v) is 16.7. The van der Waals surface area contributed by atoms with Gasteiger partial charge in [-0.2, -0.15) is 11.8 Å². The van der Waals surface area contributed by atoms with E-state index in [4.69, 9.17) is 4.74 Å². The molecule has 3 aromatic rings. The van der Waals surface area contributed by atoms with Crippen LogP contribution in [-0.2, 0) is 9.53 Å². The van der Waals surface area contributed by atoms with Gasteiger partial charge in [0.15, 0.2) is 5.82 Å². The standard InChI is InChI=1S/C20H19FN4O3S/c1-12(29-2)19(26)22-18-17-15(24-10-11-28-20(24)27)4-3-5-16(17)25(23-18)14-8-6-13(21)7-9-14/h3-9,12H,10-11H2,1-2H3,(H,22,23,26). The van der Waals surface area contributed by atoms with Crippen molar-refractivity contribution in [1.82, 2.24) is 9.78 Å². The smallest absolute Gasteiger partial charge is 0.414 e. The van der Waals surface area contributed by atoms with Gasteiger partial charge in [-0.1, -0.05) is 6.07 Å². The maximum Gasteiger partial charge on any atom is 0.414 e. The molecule has 1 aromatic heterocycles. The molecule has 1 atom stereocenters. The molecule has 2 amide bonds. The Morgan fingerprint density at radius 3 is 2.69 bits per heavy atom. The van der Waals surface area contributed by atoms with Crippen molar-refractivity contribution in [2.24, 2.45) is 0 Å². The third-order valence-corrected chi connectivity index (χ3v) is 5.69. The summed E-state index contributed by atoms with van der Waals surface area (Å²) in [6.45, 7) is 2.51. The number of ether oxygens (including phenoxy) is 1. The first-order valence-electron chi connectivity index (χ1n) is 9.05. The first-order valence-corrected chi connectivity index (χ1v) is 10.3. The molecule has 1 aliphatic rings. The quantitative estimate of drug-likeness (QED) is 0.687. The van der Waals surface area contributed by atoms with E-state index in [0.717, 1.165) is 0 Å². The van der Waals surface area contributed by atoms with E-state index >= 15 is 0 Å². The third-order valence-electron chi connectivity index (χ3n) is 4.77. The predicted molar refractivity (Wildman–Crippen MR) is 111 cm³/mol. The van der Waals surface area contributed by atoms with Crippen molar-refractivity contribution in [2.45, 2.75) is 12.2 Å². The number of nitrogens with one attached hydrogen (secondary N) is 1. The Labute approximate surface area is 170 Å². The van der Waals surface area contributed by atoms with E-state index in [0.29, 0.717) is 41.2 Å². The lowest BCUT2D eigenvalue weighted by Gasteiger charge is -2.15. The number of aromatic nitrogens is 2. The lowest BCUT2D eigenvalue weighted by molar-refractivity contribution is -0.115. The molecule has 29 heavy (non-hydrogen) atoms. The summed E-state index contributed by atoms with van der Waals surface area (Å²) in [6, 6.07) is 11.3. The number of rotatable bonds is 5. The number of halogens is 1. The second-order valence-electron chi connectivity index (χ2n) is 6.54. The van der Waals surface area contributed by atoms with Gasteiger partial charge in [0.1, 0.15) is 12.4 Å². The summed E-state index contributed by atoms with van der Waals surface area (Å²) in [5.41, 5.74) is 1.92. The largest absolute Gasteiger partial charge is 0.447 e. The monoisotopic (exact) mass is 414 g/mol. The zero-order chi connectivity index (χ0) is 20.5. The summed E-state index contributed by atoms with van der Waals surface area (Å²) in [7, 11) is 0. The van der Waals surface area contributed by atoms with Crippen LogP contribution in [0.2, 0.25) is 0 Å². The number of carbonyl (C=O) groups excluding carboxylic acids is 2. The Balaban J connectivity index is 1.90. The Morgan fingerprint density at radius 2 is 2.03 bits per heavy atom. The van der Waals surface area contributed by atoms with Gasteiger partial charge in [-0.15, -0.1) is 5.10 Å². The molecule has 0 bridgehead atoms. The lowest BCUT2D eigenvalue weighted by Crippen LogP contribution is -2.25. The Bertz CT molecular complexity index is 1080. The maximum atomic E-state index is 13.4. The molecular formula is C20H19FN4O3S. The van der Waals surface area contributed by atoms with Crippen LogP contribution in [0.4, 0.5) is 20.7 Å². The van der Waals surface area contributed by atoms with Gasteiger partial charge < -0.3 is 10.1 Å². The number of thioether (sulfide) groups is 1. The van der Waals surface area contributed by atoms with E-state index in [1.54, 1.807) is 35.9 Å². The molecular weight excluding hydrogens is 395 g/mol. The molecule has 1 aliphatic heterocycles. The van der Waals surface area contributed by atoms with Crippen LogP contribution >= 0.6 is 11.8 Å². The van der Waals surface area contributed by atoms with Crippen LogP contribution in [0.15, 0.2) is 42.5 Å². The van der Waals surface area contributed by atoms with Gasteiger partial charge in [-0.05, 0) is 49.6 Å². The fourth-order valence-corrected chi connectivity index (χ4v) is 3.45. The fourth-order valence-electron chi connectivity index (χ4n) is 3.18. The number of benzene rings is 2. The minimum Gasteiger partial charge on any atom is -0.447 e. The number of amides is 2. The van der Waals surface area contributed by atoms with Crippen LogP contribution in [0.3, 0.4) is 0 Å². The SMILES string of the molecule is CSC(C)C(=O)Nc1nn(-c2ccc(F)cc2)c2cccc(N3CCOC3=O)c12. The summed E-state index contributed by atoms with van der Waals surface area (Å²) in [5, 5.41) is 7.80. The number of hydrogen-bond donors (Lipinski definition) is 1. The van der Waals surface area contributed by atoms with E-state index < -0.39 is 6.09 Å². The maximum absolute atomic E-state index is 13.4. The van der Waals surface area contributed by atoms with Gasteiger partial charge in [0.05, 0.1) is 34.1 Å². The minimum absolute atomic E-state index is 0.193. The normalized spacial score (nSPS) is 14.9. The highest BCUT2D eigenvalue weighted by Gasteiger charge is 2.28. The average molecular weight is 414 g/mol. The topological polar surface area (TPSA) is 76.5 Å². The van der Waals surface area contributed by atoms with Crippen LogP contribution in [0.25, 0.3) is 16.6 Å². The highest BCUT2D eigenvalue weighted by Crippen LogP contribution is 2.36. The number of cyclic esters (lactones) is 1. The van der Waals surface area contributed by atoms with Crippen molar-refractivity contribution < 1.29 is 18.7 Å². The number of anilines is 2. The Kier molecular flexibility index (Phi) is 5.14. The molecule has 7 nitrogen and oxygen atoms in total. The van der Waals surface area contributed by atoms with E-state index in [9.17, 15) is 14.0 Å². The molecule has 2 aromatic carbocycles. The van der Waals surface area contributed by atoms with Gasteiger partial charge in [0.2, 0.25) is 5.91 Å². The molecule has 4 rings (SSSR count). The van der Waals surface area contributed by atoms with Gasteiger partial charge in [-0.3, -0.25) is 9.69 Å². The molecule has 1 fully saturated rings. The van der Waals surface area contributed by atoms with Gasteiger partial charge in [-0.25, -0.2) is 13.9 Å². The minimum atomic E-state index is -0.443. The van der Waals surface area contributed by atoms with E-state index in [1.807, 2.05) is 12.3 Å². The molecule has 0 saturated carbocycles. The van der Waals surface area contributed by atoms with Crippen molar-refractivity contribution in [3.8, 4) is 5.69 Å². The average Bonchev–Trinajstić information content (AvgIpc) is 3.31. The van der Waals surface area contributed by atoms with Crippen molar-refractivity contribution in [3.63, 3.8) is 0 Å². The van der Waals surface area contributed by atoms with Crippen LogP contribution in [0, 0.1) is 5.82 Å². The van der Waals surface area contributed by atoms with Gasteiger partial charge in [0.25, 0.3) is 0 Å². The lowest BCUT2D eigenvalue weighted by atomic mass is 10.2. The van der Waals surface area contributed by atoms with Crippen molar-refractivity contribution in [1.29, 1.82) is 0 Å². The van der Waals surface area contributed by atoms with Gasteiger partial charge >= 0.3 is 6.09 Å². The van der Waals surface area contributed by atoms with Crippen LogP contribution in [-0.4, -0.2) is 46.4 Å². The summed E-state index contributed by atoms with van der Waals surface area (Å²) >= 11 is 1.42. The number of hydrogen-bond acceptors (Lipinski definition) is 5. The molecule has 9 heteroatoms. The molecule has 0 spiro atoms. The Morgan fingerprint density at radius 1 is 1.28 bits per heavy atom. The highest BCUT2D eigenvalue weighted by atomic mass is 32.2. The molecule has 0 radical (unpaired) electrons. The van der Waals surface area contributed by atoms with E-state index in [2.05, 4.69) is 10.4 Å².